The molecule has 9 nitrogen and oxygen atoms in total. The van der Waals surface area contributed by atoms with Gasteiger partial charge in [-0.1, -0.05) is 6.07 Å². The van der Waals surface area contributed by atoms with Crippen molar-refractivity contribution in [3.05, 3.63) is 84.0 Å². The van der Waals surface area contributed by atoms with Gasteiger partial charge in [-0.05, 0) is 68.0 Å². The van der Waals surface area contributed by atoms with Crippen LogP contribution in [0.4, 0.5) is 5.69 Å². The average Bonchev–Trinajstić information content (AvgIpc) is 3.21. The largest absolute Gasteiger partial charge is 0.493 e. The molecular formula is C26H25N5O4. The number of carbonyl (C=O) groups is 1. The predicted octanol–water partition coefficient (Wildman–Crippen LogP) is 4.74. The van der Waals surface area contributed by atoms with Crippen molar-refractivity contribution in [1.82, 2.24) is 19.7 Å². The van der Waals surface area contributed by atoms with E-state index in [0.29, 0.717) is 34.6 Å². The molecule has 0 bridgehead atoms. The number of anilines is 1. The van der Waals surface area contributed by atoms with E-state index in [1.165, 1.54) is 12.4 Å². The molecular weight excluding hydrogens is 446 g/mol. The SMILES string of the molecule is COc1ccc(/C=C/C(=O)Nc2ccc(Oc3cc(-n4nc(C)cc4C)ncn3)cc2)cc1OC. The smallest absolute Gasteiger partial charge is 0.248 e. The summed E-state index contributed by atoms with van der Waals surface area (Å²) in [5, 5.41) is 7.25. The number of nitrogens with zero attached hydrogens (tertiary/aromatic N) is 4. The van der Waals surface area contributed by atoms with Gasteiger partial charge in [0.1, 0.15) is 12.1 Å². The van der Waals surface area contributed by atoms with Crippen LogP contribution in [0, 0.1) is 13.8 Å². The Bertz CT molecular complexity index is 1360. The summed E-state index contributed by atoms with van der Waals surface area (Å²) in [5.41, 5.74) is 3.31. The third-order valence-electron chi connectivity index (χ3n) is 5.03. The zero-order chi connectivity index (χ0) is 24.8. The van der Waals surface area contributed by atoms with E-state index in [-0.39, 0.29) is 5.91 Å². The lowest BCUT2D eigenvalue weighted by Crippen LogP contribution is -2.07. The lowest BCUT2D eigenvalue weighted by atomic mass is 10.2. The van der Waals surface area contributed by atoms with Gasteiger partial charge in [-0.2, -0.15) is 5.10 Å². The Balaban J connectivity index is 1.38. The van der Waals surface area contributed by atoms with Gasteiger partial charge in [-0.3, -0.25) is 4.79 Å². The Kier molecular flexibility index (Phi) is 7.06. The number of aromatic nitrogens is 4. The minimum Gasteiger partial charge on any atom is -0.493 e. The van der Waals surface area contributed by atoms with Crippen LogP contribution >= 0.6 is 0 Å². The van der Waals surface area contributed by atoms with Crippen molar-refractivity contribution in [2.45, 2.75) is 13.8 Å². The van der Waals surface area contributed by atoms with E-state index >= 15 is 0 Å². The van der Waals surface area contributed by atoms with Crippen LogP contribution in [0.1, 0.15) is 17.0 Å². The van der Waals surface area contributed by atoms with Crippen LogP contribution in [0.15, 0.2) is 67.0 Å². The van der Waals surface area contributed by atoms with Crippen LogP contribution < -0.4 is 19.5 Å². The van der Waals surface area contributed by atoms with Gasteiger partial charge in [-0.15, -0.1) is 0 Å². The van der Waals surface area contributed by atoms with Gasteiger partial charge in [0.05, 0.1) is 19.9 Å². The number of hydrogen-bond donors (Lipinski definition) is 1. The third-order valence-corrected chi connectivity index (χ3v) is 5.03. The minimum absolute atomic E-state index is 0.265. The van der Waals surface area contributed by atoms with Gasteiger partial charge in [-0.25, -0.2) is 14.6 Å². The number of methoxy groups -OCH3 is 2. The maximum atomic E-state index is 12.3. The zero-order valence-electron chi connectivity index (χ0n) is 19.9. The van der Waals surface area contributed by atoms with E-state index < -0.39 is 0 Å². The van der Waals surface area contributed by atoms with Crippen molar-refractivity contribution in [2.75, 3.05) is 19.5 Å². The molecule has 9 heteroatoms. The quantitative estimate of drug-likeness (QED) is 0.371. The van der Waals surface area contributed by atoms with Crippen molar-refractivity contribution in [3.8, 4) is 28.9 Å². The van der Waals surface area contributed by atoms with Gasteiger partial charge in [0.15, 0.2) is 17.3 Å². The molecule has 178 valence electrons. The summed E-state index contributed by atoms with van der Waals surface area (Å²) in [6.07, 6.45) is 4.58. The summed E-state index contributed by atoms with van der Waals surface area (Å²) in [7, 11) is 3.14. The molecule has 2 heterocycles. The molecule has 0 saturated heterocycles. The van der Waals surface area contributed by atoms with Crippen LogP contribution in [0.5, 0.6) is 23.1 Å². The zero-order valence-corrected chi connectivity index (χ0v) is 19.9. The molecule has 0 aliphatic heterocycles. The van der Waals surface area contributed by atoms with Crippen LogP contribution in [-0.2, 0) is 4.79 Å². The highest BCUT2D eigenvalue weighted by molar-refractivity contribution is 6.02. The highest BCUT2D eigenvalue weighted by atomic mass is 16.5. The maximum Gasteiger partial charge on any atom is 0.248 e. The predicted molar refractivity (Wildman–Crippen MR) is 132 cm³/mol. The molecule has 0 spiro atoms. The first kappa shape index (κ1) is 23.5. The Hall–Kier alpha value is -4.66. The molecule has 4 rings (SSSR count). The second-order valence-corrected chi connectivity index (χ2v) is 7.62. The summed E-state index contributed by atoms with van der Waals surface area (Å²) >= 11 is 0. The summed E-state index contributed by atoms with van der Waals surface area (Å²) in [6.45, 7) is 3.88. The van der Waals surface area contributed by atoms with Gasteiger partial charge < -0.3 is 19.5 Å². The van der Waals surface area contributed by atoms with Gasteiger partial charge in [0.25, 0.3) is 0 Å². The number of amides is 1. The lowest BCUT2D eigenvalue weighted by molar-refractivity contribution is -0.111. The number of nitrogens with one attached hydrogen (secondary N) is 1. The van der Waals surface area contributed by atoms with E-state index in [0.717, 1.165) is 17.0 Å². The molecule has 2 aromatic heterocycles. The van der Waals surface area contributed by atoms with Crippen molar-refractivity contribution < 1.29 is 19.0 Å². The molecule has 2 aromatic carbocycles. The van der Waals surface area contributed by atoms with E-state index in [9.17, 15) is 4.79 Å². The van der Waals surface area contributed by atoms with Gasteiger partial charge in [0, 0.05) is 23.5 Å². The van der Waals surface area contributed by atoms with E-state index in [1.54, 1.807) is 67.4 Å². The van der Waals surface area contributed by atoms with Crippen LogP contribution in [-0.4, -0.2) is 39.9 Å². The first-order valence-electron chi connectivity index (χ1n) is 10.8. The van der Waals surface area contributed by atoms with Crippen LogP contribution in [0.3, 0.4) is 0 Å². The Morgan fingerprint density at radius 2 is 1.71 bits per heavy atom. The molecule has 0 aliphatic rings. The fourth-order valence-electron chi connectivity index (χ4n) is 3.40. The van der Waals surface area contributed by atoms with Crippen LogP contribution in [0.25, 0.3) is 11.9 Å². The molecule has 35 heavy (non-hydrogen) atoms. The number of hydrogen-bond acceptors (Lipinski definition) is 7. The average molecular weight is 472 g/mol. The second kappa shape index (κ2) is 10.5. The molecule has 1 amide bonds. The van der Waals surface area contributed by atoms with Crippen molar-refractivity contribution in [1.29, 1.82) is 0 Å². The molecule has 0 unspecified atom stereocenters. The van der Waals surface area contributed by atoms with Crippen molar-refractivity contribution in [2.24, 2.45) is 0 Å². The van der Waals surface area contributed by atoms with Crippen LogP contribution in [0.2, 0.25) is 0 Å². The highest BCUT2D eigenvalue weighted by Crippen LogP contribution is 2.28. The topological polar surface area (TPSA) is 100 Å². The summed E-state index contributed by atoms with van der Waals surface area (Å²) < 4.78 is 18.1. The highest BCUT2D eigenvalue weighted by Gasteiger charge is 2.08. The molecule has 0 saturated carbocycles. The molecule has 4 aromatic rings. The fraction of sp³-hybridized carbons (Fsp3) is 0.154. The lowest BCUT2D eigenvalue weighted by Gasteiger charge is -2.08. The molecule has 0 fully saturated rings. The molecule has 1 N–H and O–H groups in total. The van der Waals surface area contributed by atoms with E-state index in [4.69, 9.17) is 14.2 Å². The third kappa shape index (κ3) is 5.83. The van der Waals surface area contributed by atoms with E-state index in [2.05, 4.69) is 20.4 Å². The summed E-state index contributed by atoms with van der Waals surface area (Å²) in [6, 6.07) is 16.1. The maximum absolute atomic E-state index is 12.3. The Morgan fingerprint density at radius 3 is 2.40 bits per heavy atom. The molecule has 0 atom stereocenters. The number of aryl methyl sites for hydroxylation is 2. The van der Waals surface area contributed by atoms with Crippen molar-refractivity contribution >= 4 is 17.7 Å². The molecule has 0 aliphatic carbocycles. The van der Waals surface area contributed by atoms with Gasteiger partial charge >= 0.3 is 0 Å². The van der Waals surface area contributed by atoms with E-state index in [1.807, 2.05) is 26.0 Å². The number of rotatable bonds is 8. The number of benzene rings is 2. The molecule has 0 radical (unpaired) electrons. The Labute approximate surface area is 203 Å². The Morgan fingerprint density at radius 1 is 0.943 bits per heavy atom. The first-order chi connectivity index (χ1) is 16.9. The fourth-order valence-corrected chi connectivity index (χ4v) is 3.40. The first-order valence-corrected chi connectivity index (χ1v) is 10.8. The minimum atomic E-state index is -0.265. The number of ether oxygens (including phenoxy) is 3. The summed E-state index contributed by atoms with van der Waals surface area (Å²) in [4.78, 5) is 20.8. The second-order valence-electron chi connectivity index (χ2n) is 7.62. The van der Waals surface area contributed by atoms with Gasteiger partial charge in [0.2, 0.25) is 11.8 Å². The monoisotopic (exact) mass is 471 g/mol. The summed E-state index contributed by atoms with van der Waals surface area (Å²) in [5.74, 6) is 2.53. The standard InChI is InChI=1S/C26H25N5O4/c1-17-13-18(2)31(30-17)24-15-26(28-16-27-24)35-21-9-7-20(8-10-21)29-25(32)12-6-19-5-11-22(33-3)23(14-19)34-4/h5-16H,1-4H3,(H,29,32)/b12-6+. The van der Waals surface area contributed by atoms with Crippen molar-refractivity contribution in [3.63, 3.8) is 0 Å². The normalized spacial score (nSPS) is 10.9. The number of carbonyl (C=O) groups excluding carboxylic acids is 1.